The molecule has 0 amide bonds. The molecule has 0 radical (unpaired) electrons. The molecule has 4 rings (SSSR count). The Morgan fingerprint density at radius 1 is 1.04 bits per heavy atom. The monoisotopic (exact) mass is 317 g/mol. The van der Waals surface area contributed by atoms with E-state index in [-0.39, 0.29) is 0 Å². The highest BCUT2D eigenvalue weighted by Gasteiger charge is 2.08. The van der Waals surface area contributed by atoms with Crippen molar-refractivity contribution < 1.29 is 0 Å². The lowest BCUT2D eigenvalue weighted by atomic mass is 10.2. The molecule has 120 valence electrons. The average Bonchev–Trinajstić information content (AvgIpc) is 3.01. The van der Waals surface area contributed by atoms with Gasteiger partial charge in [0.25, 0.3) is 0 Å². The lowest BCUT2D eigenvalue weighted by Crippen LogP contribution is -2.33. The van der Waals surface area contributed by atoms with Crippen LogP contribution in [0.5, 0.6) is 0 Å². The summed E-state index contributed by atoms with van der Waals surface area (Å²) < 4.78 is 2.08. The lowest BCUT2D eigenvalue weighted by molar-refractivity contribution is 0.755. The molecule has 3 heterocycles. The van der Waals surface area contributed by atoms with E-state index in [4.69, 9.17) is 9.97 Å². The van der Waals surface area contributed by atoms with Gasteiger partial charge in [-0.1, -0.05) is 12.2 Å². The van der Waals surface area contributed by atoms with Gasteiger partial charge in [0.15, 0.2) is 0 Å². The molecule has 1 aliphatic rings. The van der Waals surface area contributed by atoms with Crippen molar-refractivity contribution in [1.29, 1.82) is 0 Å². The van der Waals surface area contributed by atoms with Crippen molar-refractivity contribution in [2.45, 2.75) is 25.7 Å². The highest BCUT2D eigenvalue weighted by Crippen LogP contribution is 2.17. The molecule has 0 saturated heterocycles. The molecule has 0 spiro atoms. The first-order valence-corrected chi connectivity index (χ1v) is 8.24. The van der Waals surface area contributed by atoms with Gasteiger partial charge in [0, 0.05) is 43.8 Å². The minimum absolute atomic E-state index is 0.839. The number of aromatic nitrogens is 5. The van der Waals surface area contributed by atoms with Gasteiger partial charge in [-0.05, 0) is 31.4 Å². The quantitative estimate of drug-likeness (QED) is 0.730. The molecule has 0 unspecified atom stereocenters. The molecule has 0 fully saturated rings. The van der Waals surface area contributed by atoms with Crippen molar-refractivity contribution in [3.8, 4) is 11.3 Å². The van der Waals surface area contributed by atoms with Crippen LogP contribution in [0.3, 0.4) is 0 Å². The van der Waals surface area contributed by atoms with E-state index in [9.17, 15) is 0 Å². The predicted octanol–water partition coefficient (Wildman–Crippen LogP) is 1.41. The Hall–Kier alpha value is -2.82. The number of rotatable bonds is 4. The summed E-state index contributed by atoms with van der Waals surface area (Å²) in [6.07, 6.45) is 15.7. The van der Waals surface area contributed by atoms with Gasteiger partial charge in [0.05, 0.1) is 22.1 Å². The molecular weight excluding hydrogens is 298 g/mol. The SMILES string of the molecule is Cn1cc(-c2cccnc2)nc1CCc1cnc2c(n1)=CCCC=2. The molecule has 24 heavy (non-hydrogen) atoms. The van der Waals surface area contributed by atoms with E-state index in [1.54, 1.807) is 6.20 Å². The molecule has 3 aromatic heterocycles. The Morgan fingerprint density at radius 3 is 2.75 bits per heavy atom. The molecular formula is C19H19N5. The molecule has 5 nitrogen and oxygen atoms in total. The van der Waals surface area contributed by atoms with Crippen LogP contribution in [-0.2, 0) is 19.9 Å². The normalized spacial score (nSPS) is 13.0. The zero-order chi connectivity index (χ0) is 16.4. The van der Waals surface area contributed by atoms with Crippen molar-refractivity contribution in [3.05, 3.63) is 59.1 Å². The maximum absolute atomic E-state index is 4.74. The van der Waals surface area contributed by atoms with Gasteiger partial charge in [-0.15, -0.1) is 0 Å². The van der Waals surface area contributed by atoms with Crippen molar-refractivity contribution in [2.24, 2.45) is 7.05 Å². The summed E-state index contributed by atoms with van der Waals surface area (Å²) in [5, 5.41) is 2.04. The largest absolute Gasteiger partial charge is 0.337 e. The average molecular weight is 317 g/mol. The van der Waals surface area contributed by atoms with Crippen LogP contribution < -0.4 is 10.7 Å². The van der Waals surface area contributed by atoms with Gasteiger partial charge in [-0.2, -0.15) is 0 Å². The van der Waals surface area contributed by atoms with Crippen LogP contribution in [0.15, 0.2) is 36.9 Å². The fraction of sp³-hybridized carbons (Fsp3) is 0.263. The van der Waals surface area contributed by atoms with E-state index in [0.717, 1.165) is 59.2 Å². The molecule has 0 saturated carbocycles. The van der Waals surface area contributed by atoms with Gasteiger partial charge < -0.3 is 4.57 Å². The van der Waals surface area contributed by atoms with Crippen molar-refractivity contribution >= 4 is 12.2 Å². The third-order valence-corrected chi connectivity index (χ3v) is 4.26. The zero-order valence-corrected chi connectivity index (χ0v) is 13.7. The third-order valence-electron chi connectivity index (χ3n) is 4.26. The summed E-state index contributed by atoms with van der Waals surface area (Å²) in [5.41, 5.74) is 3.02. The number of pyridine rings is 1. The molecule has 1 aliphatic carbocycles. The maximum atomic E-state index is 4.74. The number of fused-ring (bicyclic) bond motifs is 1. The minimum Gasteiger partial charge on any atom is -0.337 e. The standard InChI is InChI=1S/C19H19N5/c1-24-13-18(14-5-4-10-20-11-14)23-19(24)9-8-15-12-21-16-6-2-3-7-17(16)22-15/h4-7,10-13H,2-3,8-9H2,1H3. The molecule has 0 bridgehead atoms. The highest BCUT2D eigenvalue weighted by molar-refractivity contribution is 5.56. The Labute approximate surface area is 140 Å². The number of nitrogens with zero attached hydrogens (tertiary/aromatic N) is 5. The van der Waals surface area contributed by atoms with Crippen molar-refractivity contribution in [3.63, 3.8) is 0 Å². The molecule has 0 aromatic carbocycles. The second-order valence-electron chi connectivity index (χ2n) is 6.01. The summed E-state index contributed by atoms with van der Waals surface area (Å²) >= 11 is 0. The third kappa shape index (κ3) is 2.97. The first kappa shape index (κ1) is 14.8. The first-order chi connectivity index (χ1) is 11.8. The Balaban J connectivity index is 1.54. The highest BCUT2D eigenvalue weighted by atomic mass is 15.0. The van der Waals surface area contributed by atoms with Gasteiger partial charge in [0.2, 0.25) is 0 Å². The van der Waals surface area contributed by atoms with Crippen LogP contribution in [0, 0.1) is 0 Å². The maximum Gasteiger partial charge on any atom is 0.109 e. The topological polar surface area (TPSA) is 56.5 Å². The van der Waals surface area contributed by atoms with E-state index in [0.29, 0.717) is 0 Å². The number of imidazole rings is 1. The predicted molar refractivity (Wildman–Crippen MR) is 93.3 cm³/mol. The summed E-state index contributed by atoms with van der Waals surface area (Å²) in [6.45, 7) is 0. The first-order valence-electron chi connectivity index (χ1n) is 8.24. The van der Waals surface area contributed by atoms with E-state index in [1.165, 1.54) is 0 Å². The molecule has 3 aromatic rings. The van der Waals surface area contributed by atoms with Crippen LogP contribution in [0.4, 0.5) is 0 Å². The van der Waals surface area contributed by atoms with Crippen LogP contribution in [-0.4, -0.2) is 24.5 Å². The fourth-order valence-corrected chi connectivity index (χ4v) is 2.95. The molecule has 0 N–H and O–H groups in total. The Morgan fingerprint density at radius 2 is 1.92 bits per heavy atom. The van der Waals surface area contributed by atoms with Crippen LogP contribution in [0.1, 0.15) is 24.4 Å². The van der Waals surface area contributed by atoms with Crippen LogP contribution in [0.25, 0.3) is 23.4 Å². The summed E-state index contributed by atoms with van der Waals surface area (Å²) in [4.78, 5) is 18.2. The summed E-state index contributed by atoms with van der Waals surface area (Å²) in [5.74, 6) is 1.05. The van der Waals surface area contributed by atoms with Gasteiger partial charge >= 0.3 is 0 Å². The number of aryl methyl sites for hydroxylation is 3. The summed E-state index contributed by atoms with van der Waals surface area (Å²) in [7, 11) is 2.03. The lowest BCUT2D eigenvalue weighted by Gasteiger charge is -2.03. The van der Waals surface area contributed by atoms with E-state index in [2.05, 4.69) is 26.7 Å². The Kier molecular flexibility index (Phi) is 3.91. The number of hydrogen-bond donors (Lipinski definition) is 0. The van der Waals surface area contributed by atoms with E-state index < -0.39 is 0 Å². The summed E-state index contributed by atoms with van der Waals surface area (Å²) in [6, 6.07) is 3.96. The molecule has 5 heteroatoms. The minimum atomic E-state index is 0.839. The number of hydrogen-bond acceptors (Lipinski definition) is 4. The van der Waals surface area contributed by atoms with Crippen molar-refractivity contribution in [1.82, 2.24) is 24.5 Å². The van der Waals surface area contributed by atoms with E-state index in [1.807, 2.05) is 37.8 Å². The molecule has 0 atom stereocenters. The van der Waals surface area contributed by atoms with Gasteiger partial charge in [0.1, 0.15) is 5.82 Å². The molecule has 0 aliphatic heterocycles. The van der Waals surface area contributed by atoms with E-state index >= 15 is 0 Å². The Bertz CT molecular complexity index is 973. The second kappa shape index (κ2) is 6.35. The van der Waals surface area contributed by atoms with Gasteiger partial charge in [-0.3, -0.25) is 9.97 Å². The zero-order valence-electron chi connectivity index (χ0n) is 13.7. The second-order valence-corrected chi connectivity index (χ2v) is 6.01. The smallest absolute Gasteiger partial charge is 0.109 e. The van der Waals surface area contributed by atoms with Crippen molar-refractivity contribution in [2.75, 3.05) is 0 Å². The van der Waals surface area contributed by atoms with Crippen LogP contribution >= 0.6 is 0 Å². The fourth-order valence-electron chi connectivity index (χ4n) is 2.95. The van der Waals surface area contributed by atoms with Crippen LogP contribution in [0.2, 0.25) is 0 Å². The van der Waals surface area contributed by atoms with Gasteiger partial charge in [-0.25, -0.2) is 9.97 Å².